The zero-order chi connectivity index (χ0) is 16.3. The second-order valence-electron chi connectivity index (χ2n) is 5.44. The van der Waals surface area contributed by atoms with E-state index in [-0.39, 0.29) is 11.8 Å². The van der Waals surface area contributed by atoms with E-state index in [1.807, 2.05) is 31.2 Å². The molecule has 1 atom stereocenters. The molecule has 0 radical (unpaired) electrons. The number of thioether (sulfide) groups is 1. The maximum atomic E-state index is 11.9. The molecular formula is C16H18N2O3S. The Bertz CT molecular complexity index is 648. The molecule has 1 heterocycles. The Labute approximate surface area is 133 Å². The first-order valence-electron chi connectivity index (χ1n) is 6.95. The summed E-state index contributed by atoms with van der Waals surface area (Å²) >= 11 is 1.17. The van der Waals surface area contributed by atoms with Crippen molar-refractivity contribution in [1.29, 1.82) is 0 Å². The third-order valence-electron chi connectivity index (χ3n) is 3.17. The van der Waals surface area contributed by atoms with Gasteiger partial charge < -0.3 is 10.4 Å². The van der Waals surface area contributed by atoms with Gasteiger partial charge in [-0.25, -0.2) is 9.79 Å². The predicted octanol–water partition coefficient (Wildman–Crippen LogP) is 2.66. The maximum Gasteiger partial charge on any atom is 0.328 e. The second-order valence-corrected chi connectivity index (χ2v) is 6.47. The highest BCUT2D eigenvalue weighted by atomic mass is 32.2. The number of carboxylic acids is 1. The molecule has 1 saturated heterocycles. The van der Waals surface area contributed by atoms with Gasteiger partial charge in [-0.05, 0) is 36.2 Å². The van der Waals surface area contributed by atoms with E-state index < -0.39 is 12.0 Å². The Morgan fingerprint density at radius 2 is 1.95 bits per heavy atom. The van der Waals surface area contributed by atoms with Gasteiger partial charge in [-0.3, -0.25) is 4.79 Å². The molecule has 1 unspecified atom stereocenters. The molecule has 116 valence electrons. The fourth-order valence-electron chi connectivity index (χ4n) is 1.92. The number of benzene rings is 1. The van der Waals surface area contributed by atoms with Crippen molar-refractivity contribution in [2.45, 2.75) is 26.8 Å². The topological polar surface area (TPSA) is 78.8 Å². The van der Waals surface area contributed by atoms with Gasteiger partial charge in [0.15, 0.2) is 11.2 Å². The van der Waals surface area contributed by atoms with Crippen LogP contribution in [0.5, 0.6) is 0 Å². The summed E-state index contributed by atoms with van der Waals surface area (Å²) in [7, 11) is 0. The van der Waals surface area contributed by atoms with Crippen LogP contribution in [-0.4, -0.2) is 28.2 Å². The van der Waals surface area contributed by atoms with E-state index in [0.717, 1.165) is 11.1 Å². The van der Waals surface area contributed by atoms with E-state index in [0.29, 0.717) is 10.1 Å². The largest absolute Gasteiger partial charge is 0.480 e. The standard InChI is InChI=1S/C16H18N2O3S/c1-9(2)13(15(20)21)17-16-18-14(19)12(22-16)8-11-6-4-10(3)5-7-11/h4-9,13H,1-3H3,(H,20,21)(H,17,18,19). The molecule has 0 aromatic heterocycles. The van der Waals surface area contributed by atoms with Crippen LogP contribution in [0.15, 0.2) is 34.2 Å². The smallest absolute Gasteiger partial charge is 0.328 e. The van der Waals surface area contributed by atoms with E-state index >= 15 is 0 Å². The number of rotatable bonds is 4. The van der Waals surface area contributed by atoms with Crippen LogP contribution in [0.25, 0.3) is 6.08 Å². The molecule has 1 amide bonds. The average Bonchev–Trinajstić information content (AvgIpc) is 2.78. The van der Waals surface area contributed by atoms with Crippen LogP contribution < -0.4 is 5.32 Å². The fourth-order valence-corrected chi connectivity index (χ4v) is 2.78. The van der Waals surface area contributed by atoms with Crippen LogP contribution in [0.4, 0.5) is 0 Å². The molecule has 1 aliphatic heterocycles. The van der Waals surface area contributed by atoms with Crippen LogP contribution in [0, 0.1) is 12.8 Å². The number of carbonyl (C=O) groups is 2. The second kappa shape index (κ2) is 6.79. The monoisotopic (exact) mass is 318 g/mol. The molecule has 1 aromatic rings. The molecule has 1 aromatic carbocycles. The Balaban J connectivity index is 2.20. The maximum absolute atomic E-state index is 11.9. The predicted molar refractivity (Wildman–Crippen MR) is 88.6 cm³/mol. The molecule has 1 aliphatic rings. The highest BCUT2D eigenvalue weighted by Gasteiger charge is 2.27. The molecule has 0 aliphatic carbocycles. The Kier molecular flexibility index (Phi) is 5.03. The normalized spacial score (nSPS) is 19.7. The molecule has 0 spiro atoms. The number of carboxylic acid groups (broad SMARTS) is 1. The van der Waals surface area contributed by atoms with Crippen molar-refractivity contribution in [3.63, 3.8) is 0 Å². The van der Waals surface area contributed by atoms with Gasteiger partial charge in [-0.1, -0.05) is 43.7 Å². The lowest BCUT2D eigenvalue weighted by molar-refractivity contribution is -0.139. The van der Waals surface area contributed by atoms with Crippen LogP contribution in [0.2, 0.25) is 0 Å². The summed E-state index contributed by atoms with van der Waals surface area (Å²) in [5.74, 6) is -1.39. The van der Waals surface area contributed by atoms with Crippen molar-refractivity contribution >= 4 is 34.9 Å². The van der Waals surface area contributed by atoms with Crippen LogP contribution in [0.1, 0.15) is 25.0 Å². The summed E-state index contributed by atoms with van der Waals surface area (Å²) in [4.78, 5) is 27.8. The van der Waals surface area contributed by atoms with Gasteiger partial charge in [0.1, 0.15) is 0 Å². The summed E-state index contributed by atoms with van der Waals surface area (Å²) in [6, 6.07) is 6.94. The minimum Gasteiger partial charge on any atom is -0.480 e. The first kappa shape index (κ1) is 16.3. The zero-order valence-electron chi connectivity index (χ0n) is 12.7. The van der Waals surface area contributed by atoms with E-state index in [2.05, 4.69) is 10.3 Å². The number of nitrogens with one attached hydrogen (secondary N) is 1. The Morgan fingerprint density at radius 3 is 2.50 bits per heavy atom. The van der Waals surface area contributed by atoms with Gasteiger partial charge in [-0.2, -0.15) is 0 Å². The third-order valence-corrected chi connectivity index (χ3v) is 4.09. The average molecular weight is 318 g/mol. The van der Waals surface area contributed by atoms with Gasteiger partial charge in [-0.15, -0.1) is 0 Å². The minimum atomic E-state index is -0.992. The zero-order valence-corrected chi connectivity index (χ0v) is 13.5. The van der Waals surface area contributed by atoms with Crippen molar-refractivity contribution in [3.8, 4) is 0 Å². The lowest BCUT2D eigenvalue weighted by Gasteiger charge is -2.11. The van der Waals surface area contributed by atoms with Crippen molar-refractivity contribution < 1.29 is 14.7 Å². The highest BCUT2D eigenvalue weighted by Crippen LogP contribution is 2.27. The molecule has 2 N–H and O–H groups in total. The summed E-state index contributed by atoms with van der Waals surface area (Å²) in [6.45, 7) is 5.57. The van der Waals surface area contributed by atoms with Crippen molar-refractivity contribution in [1.82, 2.24) is 5.32 Å². The number of hydrogen-bond donors (Lipinski definition) is 2. The summed E-state index contributed by atoms with van der Waals surface area (Å²) in [5, 5.41) is 12.1. The molecule has 5 nitrogen and oxygen atoms in total. The van der Waals surface area contributed by atoms with E-state index in [9.17, 15) is 9.59 Å². The van der Waals surface area contributed by atoms with E-state index in [4.69, 9.17) is 5.11 Å². The summed E-state index contributed by atoms with van der Waals surface area (Å²) < 4.78 is 0. The Morgan fingerprint density at radius 1 is 1.32 bits per heavy atom. The lowest BCUT2D eigenvalue weighted by Crippen LogP contribution is -2.28. The van der Waals surface area contributed by atoms with E-state index in [1.54, 1.807) is 19.9 Å². The van der Waals surface area contributed by atoms with Crippen LogP contribution >= 0.6 is 11.8 Å². The first-order chi connectivity index (χ1) is 10.4. The van der Waals surface area contributed by atoms with Crippen molar-refractivity contribution in [3.05, 3.63) is 40.3 Å². The number of nitrogens with zero attached hydrogens (tertiary/aromatic N) is 1. The van der Waals surface area contributed by atoms with Gasteiger partial charge >= 0.3 is 5.97 Å². The molecule has 22 heavy (non-hydrogen) atoms. The molecule has 2 rings (SSSR count). The Hall–Kier alpha value is -2.08. The highest BCUT2D eigenvalue weighted by molar-refractivity contribution is 8.18. The number of amidine groups is 1. The third kappa shape index (κ3) is 3.98. The SMILES string of the molecule is Cc1ccc(C=C2SC(=NC(C(=O)O)C(C)C)NC2=O)cc1. The van der Waals surface area contributed by atoms with Crippen molar-refractivity contribution in [2.75, 3.05) is 0 Å². The van der Waals surface area contributed by atoms with E-state index in [1.165, 1.54) is 11.8 Å². The van der Waals surface area contributed by atoms with Gasteiger partial charge in [0.2, 0.25) is 0 Å². The quantitative estimate of drug-likeness (QED) is 0.837. The molecule has 6 heteroatoms. The van der Waals surface area contributed by atoms with Gasteiger partial charge in [0.05, 0.1) is 4.91 Å². The summed E-state index contributed by atoms with van der Waals surface area (Å²) in [6.07, 6.45) is 1.77. The number of aliphatic carboxylic acids is 1. The summed E-state index contributed by atoms with van der Waals surface area (Å²) in [5.41, 5.74) is 2.07. The van der Waals surface area contributed by atoms with Gasteiger partial charge in [0, 0.05) is 0 Å². The fraction of sp³-hybridized carbons (Fsp3) is 0.312. The molecule has 0 saturated carbocycles. The number of aryl methyl sites for hydroxylation is 1. The number of hydrogen-bond acceptors (Lipinski definition) is 4. The number of amides is 1. The van der Waals surface area contributed by atoms with Gasteiger partial charge in [0.25, 0.3) is 5.91 Å². The van der Waals surface area contributed by atoms with Crippen LogP contribution in [0.3, 0.4) is 0 Å². The first-order valence-corrected chi connectivity index (χ1v) is 7.76. The molecule has 1 fully saturated rings. The van der Waals surface area contributed by atoms with Crippen LogP contribution in [-0.2, 0) is 9.59 Å². The lowest BCUT2D eigenvalue weighted by atomic mass is 10.1. The molecular weight excluding hydrogens is 300 g/mol. The minimum absolute atomic E-state index is 0.146. The van der Waals surface area contributed by atoms with Crippen molar-refractivity contribution in [2.24, 2.45) is 10.9 Å². The number of aliphatic imine (C=N–C) groups is 1. The molecule has 0 bridgehead atoms. The number of carbonyl (C=O) groups excluding carboxylic acids is 1.